The summed E-state index contributed by atoms with van der Waals surface area (Å²) in [5, 5.41) is 0. The third kappa shape index (κ3) is 5.26. The number of rotatable bonds is 9. The van der Waals surface area contributed by atoms with Gasteiger partial charge in [-0.25, -0.2) is 0 Å². The fourth-order valence-electron chi connectivity index (χ4n) is 8.64. The second-order valence-electron chi connectivity index (χ2n) is 14.4. The summed E-state index contributed by atoms with van der Waals surface area (Å²) in [6.45, 7) is 18.8. The Morgan fingerprint density at radius 2 is 0.978 bits per heavy atom. The van der Waals surface area contributed by atoms with Crippen LogP contribution in [0.4, 0.5) is 0 Å². The number of allylic oxidation sites excluding steroid dienone is 2. The molecule has 0 amide bonds. The maximum atomic E-state index is 8.60. The first kappa shape index (κ1) is 33.9. The van der Waals surface area contributed by atoms with Crippen LogP contribution >= 0.6 is 17.0 Å². The van der Waals surface area contributed by atoms with E-state index in [0.717, 1.165) is 12.8 Å². The molecule has 0 spiro atoms. The van der Waals surface area contributed by atoms with Gasteiger partial charge in [-0.2, -0.15) is 0 Å². The average molecular weight is 744 g/mol. The minimum atomic E-state index is -4.78. The molecule has 2 aliphatic rings. The van der Waals surface area contributed by atoms with Crippen LogP contribution in [-0.4, -0.2) is 5.92 Å². The molecule has 4 unspecified atom stereocenters. The van der Waals surface area contributed by atoms with Gasteiger partial charge < -0.3 is 0 Å². The first-order valence-electron chi connectivity index (χ1n) is 17.3. The van der Waals surface area contributed by atoms with Gasteiger partial charge in [-0.15, -0.1) is 0 Å². The number of hydrogen-bond donors (Lipinski definition) is 0. The summed E-state index contributed by atoms with van der Waals surface area (Å²) in [5.41, 5.74) is 16.3. The molecule has 0 nitrogen and oxygen atoms in total. The zero-order valence-corrected chi connectivity index (χ0v) is 33.9. The molecule has 4 atom stereocenters. The van der Waals surface area contributed by atoms with Crippen LogP contribution < -0.4 is 0 Å². The zero-order chi connectivity index (χ0) is 33.0. The maximum absolute atomic E-state index is 8.60. The van der Waals surface area contributed by atoms with E-state index in [9.17, 15) is 0 Å². The summed E-state index contributed by atoms with van der Waals surface area (Å²) >= 11 is -4.78. The molecule has 239 valence electrons. The zero-order valence-electron chi connectivity index (χ0n) is 28.8. The van der Waals surface area contributed by atoms with Crippen LogP contribution in [0.15, 0.2) is 96.1 Å². The second-order valence-corrected chi connectivity index (χ2v) is 56.9. The van der Waals surface area contributed by atoms with E-state index in [1.54, 1.807) is 0 Å². The molecule has 4 heteroatoms. The van der Waals surface area contributed by atoms with Crippen molar-refractivity contribution in [3.05, 3.63) is 129 Å². The van der Waals surface area contributed by atoms with Gasteiger partial charge >= 0.3 is 289 Å². The molecule has 0 radical (unpaired) electrons. The molecule has 0 fully saturated rings. The van der Waals surface area contributed by atoms with Gasteiger partial charge in [0.2, 0.25) is 0 Å². The Hall–Kier alpha value is -1.96. The van der Waals surface area contributed by atoms with Crippen molar-refractivity contribution in [2.24, 2.45) is 0 Å². The Balaban J connectivity index is 1.60. The van der Waals surface area contributed by atoms with E-state index in [1.807, 2.05) is 0 Å². The molecule has 2 aliphatic carbocycles. The van der Waals surface area contributed by atoms with Gasteiger partial charge in [-0.1, -0.05) is 0 Å². The van der Waals surface area contributed by atoms with Gasteiger partial charge in [0.05, 0.1) is 0 Å². The summed E-state index contributed by atoms with van der Waals surface area (Å²) in [4.78, 5) is 0. The van der Waals surface area contributed by atoms with Crippen molar-refractivity contribution in [2.45, 2.75) is 86.6 Å². The molecule has 6 rings (SSSR count). The molecule has 0 saturated heterocycles. The first-order chi connectivity index (χ1) is 21.9. The SMILES string of the molecule is CCC(C)c1ccc2c(c1-c1ccccc1)C=C(C)[CH]2[Zr]([Cl])([Cl])([CH]1C(C)=Cc2c1ccc(C(C)CC)c2-c1ccccc1)[SiH](C)C. The fourth-order valence-corrected chi connectivity index (χ4v) is 41.6. The number of fused-ring (bicyclic) bond motifs is 2. The summed E-state index contributed by atoms with van der Waals surface area (Å²) in [5.74, 6) is -0.687. The molecule has 0 saturated carbocycles. The summed E-state index contributed by atoms with van der Waals surface area (Å²) < 4.78 is 0.183. The van der Waals surface area contributed by atoms with Gasteiger partial charge in [0.15, 0.2) is 0 Å². The van der Waals surface area contributed by atoms with Crippen molar-refractivity contribution < 1.29 is 15.6 Å². The van der Waals surface area contributed by atoms with Crippen molar-refractivity contribution in [2.75, 3.05) is 0 Å². The molecular formula is C42H49Cl2SiZr. The molecule has 0 heterocycles. The Kier molecular flexibility index (Phi) is 9.45. The van der Waals surface area contributed by atoms with Gasteiger partial charge in [0.25, 0.3) is 0 Å². The van der Waals surface area contributed by atoms with Crippen LogP contribution in [0.2, 0.25) is 13.1 Å². The third-order valence-corrected chi connectivity index (χ3v) is 63.8. The van der Waals surface area contributed by atoms with Gasteiger partial charge in [0.1, 0.15) is 0 Å². The molecular weight excluding hydrogens is 695 g/mol. The van der Waals surface area contributed by atoms with Crippen LogP contribution in [0.25, 0.3) is 34.4 Å². The van der Waals surface area contributed by atoms with Crippen LogP contribution in [-0.2, 0) is 15.6 Å². The molecule has 4 aromatic carbocycles. The summed E-state index contributed by atoms with van der Waals surface area (Å²) in [7, 11) is 17.2. The van der Waals surface area contributed by atoms with E-state index >= 15 is 0 Å². The van der Waals surface area contributed by atoms with E-state index in [0.29, 0.717) is 11.8 Å². The Morgan fingerprint density at radius 3 is 1.30 bits per heavy atom. The molecule has 0 N–H and O–H groups in total. The van der Waals surface area contributed by atoms with E-state index in [4.69, 9.17) is 17.0 Å². The number of halogens is 2. The van der Waals surface area contributed by atoms with Gasteiger partial charge in [-0.05, 0) is 0 Å². The monoisotopic (exact) mass is 741 g/mol. The van der Waals surface area contributed by atoms with Gasteiger partial charge in [0, 0.05) is 0 Å². The van der Waals surface area contributed by atoms with E-state index < -0.39 is 21.5 Å². The van der Waals surface area contributed by atoms with E-state index in [2.05, 4.69) is 152 Å². The molecule has 0 bridgehead atoms. The quantitative estimate of drug-likeness (QED) is 0.150. The number of benzene rings is 4. The third-order valence-electron chi connectivity index (χ3n) is 11.5. The summed E-state index contributed by atoms with van der Waals surface area (Å²) in [6, 6.07) is 31.6. The van der Waals surface area contributed by atoms with Crippen LogP contribution in [0.5, 0.6) is 0 Å². The summed E-state index contributed by atoms with van der Waals surface area (Å²) in [6.07, 6.45) is 7.12. The van der Waals surface area contributed by atoms with Crippen LogP contribution in [0, 0.1) is 0 Å². The fraction of sp³-hybridized carbons (Fsp3) is 0.333. The normalized spacial score (nSPS) is 19.6. The minimum absolute atomic E-state index is 0.0913. The van der Waals surface area contributed by atoms with Crippen molar-refractivity contribution >= 4 is 35.1 Å². The van der Waals surface area contributed by atoms with Crippen molar-refractivity contribution in [3.63, 3.8) is 0 Å². The molecule has 0 aromatic heterocycles. The predicted molar refractivity (Wildman–Crippen MR) is 205 cm³/mol. The van der Waals surface area contributed by atoms with Gasteiger partial charge in [-0.3, -0.25) is 0 Å². The second kappa shape index (κ2) is 12.8. The Morgan fingerprint density at radius 1 is 0.609 bits per heavy atom. The van der Waals surface area contributed by atoms with Crippen molar-refractivity contribution in [1.82, 2.24) is 0 Å². The van der Waals surface area contributed by atoms with E-state index in [1.165, 1.54) is 66.8 Å². The Labute approximate surface area is 286 Å². The first-order valence-corrected chi connectivity index (χ1v) is 33.6. The van der Waals surface area contributed by atoms with Crippen LogP contribution in [0.1, 0.15) is 107 Å². The Bertz CT molecular complexity index is 1710. The predicted octanol–water partition coefficient (Wildman–Crippen LogP) is 13.6. The van der Waals surface area contributed by atoms with Crippen LogP contribution in [0.3, 0.4) is 0 Å². The number of hydrogen-bond acceptors (Lipinski definition) is 0. The molecule has 0 aliphatic heterocycles. The van der Waals surface area contributed by atoms with E-state index in [-0.39, 0.29) is 7.25 Å². The molecule has 46 heavy (non-hydrogen) atoms. The molecule has 4 aromatic rings. The van der Waals surface area contributed by atoms with Crippen molar-refractivity contribution in [1.29, 1.82) is 0 Å². The topological polar surface area (TPSA) is 0 Å². The standard InChI is InChI=1S/2C20H21.C2H7Si.2ClH.Zr/c2*1-4-15(3)18-11-10-17-12-14(2)13-19(17)20(18)16-8-6-5-7-9-16;1-3-2;;;/h2*5-13,15H,4H2,1-3H3;3H,1-2H3;2*1H;/q;;;;;+2/p-2. The average Bonchev–Trinajstić information content (AvgIpc) is 3.60. The van der Waals surface area contributed by atoms with Crippen molar-refractivity contribution in [3.8, 4) is 22.3 Å².